The van der Waals surface area contributed by atoms with Crippen molar-refractivity contribution >= 4 is 11.3 Å². The fourth-order valence-corrected chi connectivity index (χ4v) is 2.94. The summed E-state index contributed by atoms with van der Waals surface area (Å²) in [4.78, 5) is 3.75. The van der Waals surface area contributed by atoms with Gasteiger partial charge in [-0.15, -0.1) is 11.3 Å². The number of nitrogens with zero attached hydrogens (tertiary/aromatic N) is 1. The molecule has 2 atom stereocenters. The van der Waals surface area contributed by atoms with Crippen molar-refractivity contribution in [3.8, 4) is 0 Å². The largest absolute Gasteiger partial charge is 0.312 e. The van der Waals surface area contributed by atoms with Gasteiger partial charge in [0.15, 0.2) is 0 Å². The van der Waals surface area contributed by atoms with Crippen LogP contribution in [0, 0.1) is 5.92 Å². The first-order valence-corrected chi connectivity index (χ1v) is 7.82. The molecule has 0 fully saturated rings. The minimum absolute atomic E-state index is 0.492. The van der Waals surface area contributed by atoms with Gasteiger partial charge < -0.3 is 10.2 Å². The summed E-state index contributed by atoms with van der Waals surface area (Å²) in [5.41, 5.74) is 0. The predicted octanol–water partition coefficient (Wildman–Crippen LogP) is 3.77. The van der Waals surface area contributed by atoms with Crippen LogP contribution in [-0.4, -0.2) is 31.6 Å². The molecule has 0 aromatic carbocycles. The molecule has 0 bridgehead atoms. The van der Waals surface area contributed by atoms with E-state index in [0.717, 1.165) is 12.5 Å². The fraction of sp³-hybridized carbons (Fsp3) is 0.733. The van der Waals surface area contributed by atoms with E-state index in [1.165, 1.54) is 17.7 Å². The van der Waals surface area contributed by atoms with Gasteiger partial charge in [-0.2, -0.15) is 0 Å². The highest BCUT2D eigenvalue weighted by Crippen LogP contribution is 2.22. The minimum atomic E-state index is 0.492. The monoisotopic (exact) mass is 268 g/mol. The Morgan fingerprint density at radius 2 is 1.94 bits per heavy atom. The Kier molecular flexibility index (Phi) is 6.90. The Hall–Kier alpha value is -0.380. The number of nitrogens with one attached hydrogen (secondary N) is 1. The van der Waals surface area contributed by atoms with Crippen LogP contribution in [0.25, 0.3) is 0 Å². The van der Waals surface area contributed by atoms with E-state index in [9.17, 15) is 0 Å². The van der Waals surface area contributed by atoms with Crippen molar-refractivity contribution in [3.05, 3.63) is 22.4 Å². The van der Waals surface area contributed by atoms with E-state index in [1.54, 1.807) is 0 Å². The summed E-state index contributed by atoms with van der Waals surface area (Å²) < 4.78 is 0. The highest BCUT2D eigenvalue weighted by atomic mass is 32.1. The molecule has 0 aliphatic carbocycles. The summed E-state index contributed by atoms with van der Waals surface area (Å²) in [6.45, 7) is 7.91. The number of hydrogen-bond donors (Lipinski definition) is 1. The third-order valence-corrected chi connectivity index (χ3v) is 4.31. The molecule has 0 spiro atoms. The summed E-state index contributed by atoms with van der Waals surface area (Å²) in [6.07, 6.45) is 2.57. The van der Waals surface area contributed by atoms with Crippen molar-refractivity contribution < 1.29 is 0 Å². The molecule has 2 unspecified atom stereocenters. The van der Waals surface area contributed by atoms with Crippen molar-refractivity contribution in [2.24, 2.45) is 5.92 Å². The molecule has 1 N–H and O–H groups in total. The summed E-state index contributed by atoms with van der Waals surface area (Å²) in [5.74, 6) is 0.802. The second kappa shape index (κ2) is 7.93. The first kappa shape index (κ1) is 15.7. The van der Waals surface area contributed by atoms with E-state index in [4.69, 9.17) is 0 Å². The van der Waals surface area contributed by atoms with Gasteiger partial charge in [0.2, 0.25) is 0 Å². The molecule has 0 amide bonds. The van der Waals surface area contributed by atoms with E-state index in [-0.39, 0.29) is 0 Å². The zero-order valence-corrected chi connectivity index (χ0v) is 13.3. The second-order valence-corrected chi connectivity index (χ2v) is 6.75. The highest BCUT2D eigenvalue weighted by Gasteiger charge is 2.15. The van der Waals surface area contributed by atoms with Gasteiger partial charge in [0.25, 0.3) is 0 Å². The van der Waals surface area contributed by atoms with Crippen molar-refractivity contribution in [1.82, 2.24) is 10.2 Å². The Labute approximate surface area is 116 Å². The standard InChI is InChI=1S/C15H28N2S/c1-12(2)8-9-13(3)16-11-14(17(4)5)15-7-6-10-18-15/h6-7,10,12-14,16H,8-9,11H2,1-5H3. The lowest BCUT2D eigenvalue weighted by atomic mass is 10.0. The smallest absolute Gasteiger partial charge is 0.0561 e. The quantitative estimate of drug-likeness (QED) is 0.772. The normalized spacial score (nSPS) is 15.3. The lowest BCUT2D eigenvalue weighted by molar-refractivity contribution is 0.281. The predicted molar refractivity (Wildman–Crippen MR) is 82.3 cm³/mol. The average Bonchev–Trinajstić information content (AvgIpc) is 2.79. The van der Waals surface area contributed by atoms with Gasteiger partial charge in [0.05, 0.1) is 6.04 Å². The molecule has 0 aliphatic heterocycles. The lowest BCUT2D eigenvalue weighted by Gasteiger charge is -2.26. The maximum Gasteiger partial charge on any atom is 0.0561 e. The molecular formula is C15H28N2S. The van der Waals surface area contributed by atoms with Gasteiger partial charge in [-0.1, -0.05) is 19.9 Å². The van der Waals surface area contributed by atoms with Crippen LogP contribution in [0.2, 0.25) is 0 Å². The molecule has 1 heterocycles. The molecule has 2 nitrogen and oxygen atoms in total. The van der Waals surface area contributed by atoms with Gasteiger partial charge >= 0.3 is 0 Å². The summed E-state index contributed by atoms with van der Waals surface area (Å²) >= 11 is 1.85. The topological polar surface area (TPSA) is 15.3 Å². The molecule has 104 valence electrons. The van der Waals surface area contributed by atoms with Gasteiger partial charge in [-0.3, -0.25) is 0 Å². The minimum Gasteiger partial charge on any atom is -0.312 e. The van der Waals surface area contributed by atoms with Crippen LogP contribution in [0.5, 0.6) is 0 Å². The Balaban J connectivity index is 2.39. The molecular weight excluding hydrogens is 240 g/mol. The van der Waals surface area contributed by atoms with Crippen LogP contribution < -0.4 is 5.32 Å². The fourth-order valence-electron chi connectivity index (χ4n) is 2.02. The molecule has 0 radical (unpaired) electrons. The van der Waals surface area contributed by atoms with Gasteiger partial charge in [-0.25, -0.2) is 0 Å². The van der Waals surface area contributed by atoms with Crippen LogP contribution in [0.4, 0.5) is 0 Å². The van der Waals surface area contributed by atoms with E-state index in [2.05, 4.69) is 62.6 Å². The van der Waals surface area contributed by atoms with Crippen molar-refractivity contribution in [2.75, 3.05) is 20.6 Å². The van der Waals surface area contributed by atoms with Crippen LogP contribution in [0.1, 0.15) is 44.5 Å². The number of likely N-dealkylation sites (N-methyl/N-ethyl adjacent to an activating group) is 1. The Bertz CT molecular complexity index is 306. The maximum atomic E-state index is 3.67. The number of rotatable bonds is 8. The van der Waals surface area contributed by atoms with E-state index < -0.39 is 0 Å². The number of thiophene rings is 1. The molecule has 0 saturated heterocycles. The van der Waals surface area contributed by atoms with E-state index in [0.29, 0.717) is 12.1 Å². The second-order valence-electron chi connectivity index (χ2n) is 5.78. The Morgan fingerprint density at radius 3 is 2.44 bits per heavy atom. The van der Waals surface area contributed by atoms with Gasteiger partial charge in [-0.05, 0) is 51.2 Å². The lowest BCUT2D eigenvalue weighted by Crippen LogP contribution is -2.35. The Morgan fingerprint density at radius 1 is 1.22 bits per heavy atom. The maximum absolute atomic E-state index is 3.67. The molecule has 18 heavy (non-hydrogen) atoms. The average molecular weight is 268 g/mol. The van der Waals surface area contributed by atoms with Crippen LogP contribution in [0.15, 0.2) is 17.5 Å². The van der Waals surface area contributed by atoms with Gasteiger partial charge in [0, 0.05) is 17.5 Å². The van der Waals surface area contributed by atoms with Crippen molar-refractivity contribution in [3.63, 3.8) is 0 Å². The SMILES string of the molecule is CC(C)CCC(C)NCC(c1cccs1)N(C)C. The van der Waals surface area contributed by atoms with Gasteiger partial charge in [0.1, 0.15) is 0 Å². The van der Waals surface area contributed by atoms with Crippen molar-refractivity contribution in [1.29, 1.82) is 0 Å². The first-order valence-electron chi connectivity index (χ1n) is 6.94. The summed E-state index contributed by atoms with van der Waals surface area (Å²) in [5, 5.41) is 5.83. The molecule has 0 aliphatic rings. The highest BCUT2D eigenvalue weighted by molar-refractivity contribution is 7.10. The van der Waals surface area contributed by atoms with Crippen molar-refractivity contribution in [2.45, 2.75) is 45.7 Å². The van der Waals surface area contributed by atoms with Crippen LogP contribution >= 0.6 is 11.3 Å². The zero-order chi connectivity index (χ0) is 13.5. The van der Waals surface area contributed by atoms with E-state index in [1.807, 2.05) is 11.3 Å². The molecule has 1 aromatic heterocycles. The van der Waals surface area contributed by atoms with Crippen LogP contribution in [0.3, 0.4) is 0 Å². The number of hydrogen-bond acceptors (Lipinski definition) is 3. The van der Waals surface area contributed by atoms with E-state index >= 15 is 0 Å². The summed E-state index contributed by atoms with van der Waals surface area (Å²) in [6, 6.07) is 5.47. The molecule has 1 aromatic rings. The zero-order valence-electron chi connectivity index (χ0n) is 12.4. The first-order chi connectivity index (χ1) is 8.50. The molecule has 3 heteroatoms. The molecule has 0 saturated carbocycles. The third kappa shape index (κ3) is 5.51. The third-order valence-electron chi connectivity index (χ3n) is 3.33. The molecule has 1 rings (SSSR count). The summed E-state index contributed by atoms with van der Waals surface area (Å²) in [7, 11) is 4.32. The van der Waals surface area contributed by atoms with Crippen LogP contribution in [-0.2, 0) is 0 Å².